The molecule has 0 saturated heterocycles. The highest BCUT2D eigenvalue weighted by molar-refractivity contribution is 5.79. The summed E-state index contributed by atoms with van der Waals surface area (Å²) >= 11 is 0. The SMILES string of the molecule is CCNCCCCc1ccc2nc(C)ccc2c1. The third-order valence-electron chi connectivity index (χ3n) is 3.21. The van der Waals surface area contributed by atoms with Crippen molar-refractivity contribution in [1.82, 2.24) is 10.3 Å². The zero-order valence-corrected chi connectivity index (χ0v) is 11.4. The van der Waals surface area contributed by atoms with Gasteiger partial charge in [-0.2, -0.15) is 0 Å². The summed E-state index contributed by atoms with van der Waals surface area (Å²) in [6.45, 7) is 6.39. The zero-order chi connectivity index (χ0) is 12.8. The number of benzene rings is 1. The Kier molecular flexibility index (Phi) is 4.71. The lowest BCUT2D eigenvalue weighted by atomic mass is 10.1. The van der Waals surface area contributed by atoms with Crippen LogP contribution in [0.3, 0.4) is 0 Å². The summed E-state index contributed by atoms with van der Waals surface area (Å²) in [4.78, 5) is 4.53. The second-order valence-electron chi connectivity index (χ2n) is 4.79. The first-order valence-electron chi connectivity index (χ1n) is 6.86. The van der Waals surface area contributed by atoms with E-state index in [9.17, 15) is 0 Å². The molecule has 0 amide bonds. The minimum Gasteiger partial charge on any atom is -0.317 e. The van der Waals surface area contributed by atoms with Crippen molar-refractivity contribution in [3.63, 3.8) is 0 Å². The molecule has 0 bridgehead atoms. The number of unbranched alkanes of at least 4 members (excludes halogenated alkanes) is 1. The van der Waals surface area contributed by atoms with Crippen LogP contribution in [0.25, 0.3) is 10.9 Å². The fourth-order valence-corrected chi connectivity index (χ4v) is 2.19. The number of aromatic nitrogens is 1. The largest absolute Gasteiger partial charge is 0.317 e. The van der Waals surface area contributed by atoms with Crippen molar-refractivity contribution in [2.75, 3.05) is 13.1 Å². The molecule has 1 heterocycles. The number of aryl methyl sites for hydroxylation is 2. The molecule has 0 saturated carbocycles. The smallest absolute Gasteiger partial charge is 0.0705 e. The van der Waals surface area contributed by atoms with E-state index in [0.29, 0.717) is 0 Å². The van der Waals surface area contributed by atoms with Gasteiger partial charge in [0.25, 0.3) is 0 Å². The molecular formula is C16H22N2. The number of hydrogen-bond acceptors (Lipinski definition) is 2. The van der Waals surface area contributed by atoms with Crippen molar-refractivity contribution in [3.05, 3.63) is 41.6 Å². The molecule has 0 spiro atoms. The van der Waals surface area contributed by atoms with E-state index in [4.69, 9.17) is 0 Å². The van der Waals surface area contributed by atoms with Crippen molar-refractivity contribution < 1.29 is 0 Å². The van der Waals surface area contributed by atoms with Gasteiger partial charge >= 0.3 is 0 Å². The highest BCUT2D eigenvalue weighted by Crippen LogP contribution is 2.16. The number of pyridine rings is 1. The maximum atomic E-state index is 4.53. The van der Waals surface area contributed by atoms with Crippen LogP contribution >= 0.6 is 0 Å². The number of fused-ring (bicyclic) bond motifs is 1. The number of hydrogen-bond donors (Lipinski definition) is 1. The van der Waals surface area contributed by atoms with Crippen LogP contribution in [0.4, 0.5) is 0 Å². The maximum Gasteiger partial charge on any atom is 0.0705 e. The van der Waals surface area contributed by atoms with E-state index in [1.165, 1.54) is 23.8 Å². The predicted molar refractivity (Wildman–Crippen MR) is 78.0 cm³/mol. The first-order chi connectivity index (χ1) is 8.79. The molecule has 0 aliphatic rings. The number of nitrogens with zero attached hydrogens (tertiary/aromatic N) is 1. The van der Waals surface area contributed by atoms with E-state index in [2.05, 4.69) is 47.6 Å². The summed E-state index contributed by atoms with van der Waals surface area (Å²) in [7, 11) is 0. The number of rotatable bonds is 6. The molecule has 0 radical (unpaired) electrons. The predicted octanol–water partition coefficient (Wildman–Crippen LogP) is 3.48. The van der Waals surface area contributed by atoms with Gasteiger partial charge in [0.15, 0.2) is 0 Å². The van der Waals surface area contributed by atoms with Gasteiger partial charge in [-0.05, 0) is 63.0 Å². The second-order valence-corrected chi connectivity index (χ2v) is 4.79. The zero-order valence-electron chi connectivity index (χ0n) is 11.4. The van der Waals surface area contributed by atoms with Crippen LogP contribution in [-0.2, 0) is 6.42 Å². The summed E-state index contributed by atoms with van der Waals surface area (Å²) in [5.41, 5.74) is 3.61. The molecule has 18 heavy (non-hydrogen) atoms. The van der Waals surface area contributed by atoms with E-state index < -0.39 is 0 Å². The normalized spacial score (nSPS) is 11.0. The minimum absolute atomic E-state index is 1.07. The topological polar surface area (TPSA) is 24.9 Å². The summed E-state index contributed by atoms with van der Waals surface area (Å²) in [6, 6.07) is 10.9. The molecule has 1 aromatic heterocycles. The molecule has 1 N–H and O–H groups in total. The molecule has 96 valence electrons. The van der Waals surface area contributed by atoms with Gasteiger partial charge in [0, 0.05) is 11.1 Å². The molecular weight excluding hydrogens is 220 g/mol. The molecule has 1 aromatic carbocycles. The summed E-state index contributed by atoms with van der Waals surface area (Å²) in [5, 5.41) is 4.61. The summed E-state index contributed by atoms with van der Waals surface area (Å²) < 4.78 is 0. The molecule has 2 aromatic rings. The van der Waals surface area contributed by atoms with Crippen LogP contribution < -0.4 is 5.32 Å². The van der Waals surface area contributed by atoms with Gasteiger partial charge in [-0.1, -0.05) is 19.1 Å². The van der Waals surface area contributed by atoms with Crippen LogP contribution in [0.1, 0.15) is 31.0 Å². The average molecular weight is 242 g/mol. The number of nitrogens with one attached hydrogen (secondary N) is 1. The monoisotopic (exact) mass is 242 g/mol. The summed E-state index contributed by atoms with van der Waals surface area (Å²) in [5.74, 6) is 0. The Morgan fingerprint density at radius 2 is 2.00 bits per heavy atom. The third kappa shape index (κ3) is 3.54. The van der Waals surface area contributed by atoms with Gasteiger partial charge < -0.3 is 5.32 Å². The highest BCUT2D eigenvalue weighted by atomic mass is 14.8. The molecule has 0 aliphatic carbocycles. The minimum atomic E-state index is 1.07. The van der Waals surface area contributed by atoms with E-state index >= 15 is 0 Å². The summed E-state index contributed by atoms with van der Waals surface area (Å²) in [6.07, 6.45) is 3.66. The Morgan fingerprint density at radius 3 is 2.83 bits per heavy atom. The Balaban J connectivity index is 1.95. The first kappa shape index (κ1) is 13.0. The van der Waals surface area contributed by atoms with Gasteiger partial charge in [0.1, 0.15) is 0 Å². The standard InChI is InChI=1S/C16H22N2/c1-3-17-11-5-4-6-14-8-10-16-15(12-14)9-7-13(2)18-16/h7-10,12,17H,3-6,11H2,1-2H3. The lowest BCUT2D eigenvalue weighted by Gasteiger charge is -2.05. The van der Waals surface area contributed by atoms with Crippen molar-refractivity contribution in [3.8, 4) is 0 Å². The second kappa shape index (κ2) is 6.50. The third-order valence-corrected chi connectivity index (χ3v) is 3.21. The van der Waals surface area contributed by atoms with Gasteiger partial charge in [-0.15, -0.1) is 0 Å². The molecule has 0 unspecified atom stereocenters. The fourth-order valence-electron chi connectivity index (χ4n) is 2.19. The Labute approximate surface area is 109 Å². The van der Waals surface area contributed by atoms with Crippen LogP contribution in [0.15, 0.2) is 30.3 Å². The van der Waals surface area contributed by atoms with Crippen molar-refractivity contribution >= 4 is 10.9 Å². The average Bonchev–Trinajstić information content (AvgIpc) is 2.38. The Hall–Kier alpha value is -1.41. The van der Waals surface area contributed by atoms with Gasteiger partial charge in [0.05, 0.1) is 5.52 Å². The molecule has 2 nitrogen and oxygen atoms in total. The maximum absolute atomic E-state index is 4.53. The van der Waals surface area contributed by atoms with Crippen molar-refractivity contribution in [2.24, 2.45) is 0 Å². The van der Waals surface area contributed by atoms with Gasteiger partial charge in [-0.3, -0.25) is 4.98 Å². The van der Waals surface area contributed by atoms with E-state index in [0.717, 1.165) is 30.7 Å². The first-order valence-corrected chi connectivity index (χ1v) is 6.86. The lowest BCUT2D eigenvalue weighted by molar-refractivity contribution is 0.641. The lowest BCUT2D eigenvalue weighted by Crippen LogP contribution is -2.13. The Bertz CT molecular complexity index is 505. The van der Waals surface area contributed by atoms with E-state index in [1.54, 1.807) is 0 Å². The van der Waals surface area contributed by atoms with Crippen LogP contribution in [0, 0.1) is 6.92 Å². The molecule has 0 fully saturated rings. The molecule has 2 rings (SSSR count). The van der Waals surface area contributed by atoms with Crippen LogP contribution in [0.2, 0.25) is 0 Å². The van der Waals surface area contributed by atoms with Crippen molar-refractivity contribution in [1.29, 1.82) is 0 Å². The van der Waals surface area contributed by atoms with Gasteiger partial charge in [-0.25, -0.2) is 0 Å². The van der Waals surface area contributed by atoms with E-state index in [-0.39, 0.29) is 0 Å². The van der Waals surface area contributed by atoms with Crippen LogP contribution in [-0.4, -0.2) is 18.1 Å². The van der Waals surface area contributed by atoms with Crippen molar-refractivity contribution in [2.45, 2.75) is 33.1 Å². The molecule has 0 aliphatic heterocycles. The molecule has 2 heteroatoms. The van der Waals surface area contributed by atoms with E-state index in [1.807, 2.05) is 6.92 Å². The van der Waals surface area contributed by atoms with Gasteiger partial charge in [0.2, 0.25) is 0 Å². The highest BCUT2D eigenvalue weighted by Gasteiger charge is 1.98. The molecule has 0 atom stereocenters. The Morgan fingerprint density at radius 1 is 1.11 bits per heavy atom. The quantitative estimate of drug-likeness (QED) is 0.784. The van der Waals surface area contributed by atoms with Crippen LogP contribution in [0.5, 0.6) is 0 Å². The fraction of sp³-hybridized carbons (Fsp3) is 0.438.